The van der Waals surface area contributed by atoms with Gasteiger partial charge < -0.3 is 15.2 Å². The predicted molar refractivity (Wildman–Crippen MR) is 102 cm³/mol. The molecule has 4 N–H and O–H groups in total. The number of carbonyl (C=O) groups excluding carboxylic acids is 3. The van der Waals surface area contributed by atoms with Gasteiger partial charge in [-0.25, -0.2) is 5.48 Å². The Bertz CT molecular complexity index is 816. The van der Waals surface area contributed by atoms with Gasteiger partial charge in [0.15, 0.2) is 5.78 Å². The van der Waals surface area contributed by atoms with E-state index < -0.39 is 24.0 Å². The third kappa shape index (κ3) is 5.38. The molecule has 0 saturated carbocycles. The second-order valence-electron chi connectivity index (χ2n) is 5.80. The number of hydrogen-bond acceptors (Lipinski definition) is 6. The van der Waals surface area contributed by atoms with Gasteiger partial charge in [-0.15, -0.1) is 0 Å². The number of rotatable bonds is 7. The van der Waals surface area contributed by atoms with E-state index in [9.17, 15) is 19.5 Å². The van der Waals surface area contributed by atoms with Crippen molar-refractivity contribution in [1.29, 1.82) is 0 Å². The molecule has 2 aromatic carbocycles. The first-order valence-electron chi connectivity index (χ1n) is 8.09. The van der Waals surface area contributed by atoms with E-state index in [4.69, 9.17) is 9.94 Å². The molecule has 0 fully saturated rings. The van der Waals surface area contributed by atoms with Crippen molar-refractivity contribution in [2.24, 2.45) is 0 Å². The fourth-order valence-electron chi connectivity index (χ4n) is 2.38. The highest BCUT2D eigenvalue weighted by Gasteiger charge is 2.25. The van der Waals surface area contributed by atoms with E-state index in [-0.39, 0.29) is 18.8 Å². The number of ketones is 1. The summed E-state index contributed by atoms with van der Waals surface area (Å²) < 4.78 is 5.05. The zero-order valence-corrected chi connectivity index (χ0v) is 14.8. The Labute approximate surface area is 163 Å². The number of carbonyl (C=O) groups is 3. The topological polar surface area (TPSA) is 125 Å². The fourth-order valence-corrected chi connectivity index (χ4v) is 2.38. The zero-order valence-electron chi connectivity index (χ0n) is 14.8. The average molecular weight is 388 g/mol. The number of hydroxylamine groups is 1. The number of methoxy groups -OCH3 is 1. The lowest BCUT2D eigenvalue weighted by atomic mass is 10.0. The van der Waals surface area contributed by atoms with Crippen LogP contribution in [0.3, 0.4) is 0 Å². The number of hydrogen-bond donors (Lipinski definition) is 4. The summed E-state index contributed by atoms with van der Waals surface area (Å²) in [5.41, 5.74) is 2.44. The van der Waals surface area contributed by atoms with Gasteiger partial charge in [0.25, 0.3) is 11.8 Å². The predicted octanol–water partition coefficient (Wildman–Crippen LogP) is 1.55. The molecule has 2 atom stereocenters. The lowest BCUT2D eigenvalue weighted by Crippen LogP contribution is -2.51. The average Bonchev–Trinajstić information content (AvgIpc) is 2.70. The van der Waals surface area contributed by atoms with Crippen LogP contribution in [-0.2, 0) is 4.79 Å². The van der Waals surface area contributed by atoms with Gasteiger partial charge in [0.2, 0.25) is 0 Å². The SMILES string of the molecule is C.COc1ccc(C(=O)c2ccc(C(=O)N[C@H](C(=O)NO)[C@@H](C)O)cc2)cc1. The van der Waals surface area contributed by atoms with Crippen LogP contribution in [0, 0.1) is 0 Å². The first-order chi connectivity index (χ1) is 12.9. The van der Waals surface area contributed by atoms with Gasteiger partial charge >= 0.3 is 0 Å². The van der Waals surface area contributed by atoms with Crippen LogP contribution in [-0.4, -0.2) is 47.2 Å². The highest BCUT2D eigenvalue weighted by atomic mass is 16.5. The van der Waals surface area contributed by atoms with E-state index >= 15 is 0 Å². The molecule has 2 amide bonds. The van der Waals surface area contributed by atoms with Crippen molar-refractivity contribution in [3.05, 3.63) is 65.2 Å². The Morgan fingerprint density at radius 1 is 0.929 bits per heavy atom. The van der Waals surface area contributed by atoms with Crippen LogP contribution < -0.4 is 15.5 Å². The van der Waals surface area contributed by atoms with Gasteiger partial charge in [0, 0.05) is 16.7 Å². The Hall–Kier alpha value is -3.23. The van der Waals surface area contributed by atoms with Crippen molar-refractivity contribution in [2.75, 3.05) is 7.11 Å². The molecule has 0 unspecified atom stereocenters. The van der Waals surface area contributed by atoms with Crippen LogP contribution in [0.1, 0.15) is 40.6 Å². The van der Waals surface area contributed by atoms with E-state index in [1.54, 1.807) is 24.3 Å². The van der Waals surface area contributed by atoms with Gasteiger partial charge in [-0.1, -0.05) is 19.6 Å². The first kappa shape index (κ1) is 22.8. The molecule has 28 heavy (non-hydrogen) atoms. The maximum atomic E-state index is 12.5. The number of aliphatic hydroxyl groups excluding tert-OH is 1. The number of nitrogens with one attached hydrogen (secondary N) is 2. The summed E-state index contributed by atoms with van der Waals surface area (Å²) >= 11 is 0. The van der Waals surface area contributed by atoms with Gasteiger partial charge in [-0.2, -0.15) is 0 Å². The molecule has 0 saturated heterocycles. The second-order valence-corrected chi connectivity index (χ2v) is 5.80. The molecule has 0 aromatic heterocycles. The third-order valence-corrected chi connectivity index (χ3v) is 3.92. The molecule has 2 aromatic rings. The van der Waals surface area contributed by atoms with Crippen molar-refractivity contribution in [2.45, 2.75) is 26.5 Å². The van der Waals surface area contributed by atoms with Crippen LogP contribution in [0.25, 0.3) is 0 Å². The molecule has 150 valence electrons. The zero-order chi connectivity index (χ0) is 20.0. The van der Waals surface area contributed by atoms with Crippen LogP contribution in [0.4, 0.5) is 0 Å². The summed E-state index contributed by atoms with van der Waals surface area (Å²) in [5, 5.41) is 20.5. The largest absolute Gasteiger partial charge is 0.497 e. The molecule has 0 aliphatic heterocycles. The van der Waals surface area contributed by atoms with Crippen molar-refractivity contribution >= 4 is 17.6 Å². The van der Waals surface area contributed by atoms with Crippen molar-refractivity contribution < 1.29 is 29.4 Å². The molecule has 0 bridgehead atoms. The molecule has 0 spiro atoms. The Balaban J connectivity index is 0.00000392. The molecular weight excluding hydrogens is 364 g/mol. The lowest BCUT2D eigenvalue weighted by Gasteiger charge is -2.19. The summed E-state index contributed by atoms with van der Waals surface area (Å²) in [4.78, 5) is 36.2. The minimum atomic E-state index is -1.32. The standard InChI is InChI=1S/C19H20N2O6.CH4/c1-11(22)16(19(25)21-26)20-18(24)14-5-3-12(4-6-14)17(23)13-7-9-15(27-2)10-8-13;/h3-11,16,22,26H,1-2H3,(H,20,24)(H,21,25);1H4/t11-,16+;/m1./s1. The number of aliphatic hydroxyl groups is 1. The second kappa shape index (κ2) is 10.2. The Morgan fingerprint density at radius 3 is 1.82 bits per heavy atom. The number of benzene rings is 2. The molecule has 2 rings (SSSR count). The summed E-state index contributed by atoms with van der Waals surface area (Å²) in [7, 11) is 1.53. The van der Waals surface area contributed by atoms with E-state index in [0.29, 0.717) is 16.9 Å². The molecule has 0 aliphatic carbocycles. The number of amides is 2. The van der Waals surface area contributed by atoms with E-state index in [0.717, 1.165) is 0 Å². The highest BCUT2D eigenvalue weighted by Crippen LogP contribution is 2.15. The molecule has 0 aliphatic rings. The number of ether oxygens (including phenoxy) is 1. The highest BCUT2D eigenvalue weighted by molar-refractivity contribution is 6.09. The van der Waals surface area contributed by atoms with Crippen molar-refractivity contribution in [1.82, 2.24) is 10.8 Å². The molecule has 8 heteroatoms. The Morgan fingerprint density at radius 2 is 1.39 bits per heavy atom. The van der Waals surface area contributed by atoms with Crippen molar-refractivity contribution in [3.63, 3.8) is 0 Å². The van der Waals surface area contributed by atoms with Crippen LogP contribution >= 0.6 is 0 Å². The lowest BCUT2D eigenvalue weighted by molar-refractivity contribution is -0.133. The first-order valence-corrected chi connectivity index (χ1v) is 8.09. The quantitative estimate of drug-likeness (QED) is 0.324. The molecule has 8 nitrogen and oxygen atoms in total. The monoisotopic (exact) mass is 388 g/mol. The van der Waals surface area contributed by atoms with Gasteiger partial charge in [0.1, 0.15) is 11.8 Å². The van der Waals surface area contributed by atoms with Crippen LogP contribution in [0.2, 0.25) is 0 Å². The fraction of sp³-hybridized carbons (Fsp3) is 0.250. The van der Waals surface area contributed by atoms with Crippen molar-refractivity contribution in [3.8, 4) is 5.75 Å². The van der Waals surface area contributed by atoms with Crippen LogP contribution in [0.15, 0.2) is 48.5 Å². The van der Waals surface area contributed by atoms with Gasteiger partial charge in [-0.05, 0) is 43.3 Å². The summed E-state index contributed by atoms with van der Waals surface area (Å²) in [6.45, 7) is 1.30. The molecular formula is C20H24N2O6. The summed E-state index contributed by atoms with van der Waals surface area (Å²) in [6, 6.07) is 11.2. The van der Waals surface area contributed by atoms with E-state index in [1.165, 1.54) is 43.8 Å². The Kier molecular flexibility index (Phi) is 8.30. The van der Waals surface area contributed by atoms with E-state index in [2.05, 4.69) is 5.32 Å². The minimum absolute atomic E-state index is 0. The van der Waals surface area contributed by atoms with Gasteiger partial charge in [0.05, 0.1) is 13.2 Å². The van der Waals surface area contributed by atoms with E-state index in [1.807, 2.05) is 0 Å². The maximum Gasteiger partial charge on any atom is 0.268 e. The summed E-state index contributed by atoms with van der Waals surface area (Å²) in [6.07, 6.45) is -1.21. The normalized spacial score (nSPS) is 12.1. The third-order valence-electron chi connectivity index (χ3n) is 3.92. The van der Waals surface area contributed by atoms with Crippen LogP contribution in [0.5, 0.6) is 5.75 Å². The maximum absolute atomic E-state index is 12.5. The molecule has 0 radical (unpaired) electrons. The smallest absolute Gasteiger partial charge is 0.268 e. The summed E-state index contributed by atoms with van der Waals surface area (Å²) in [5.74, 6) is -1.15. The minimum Gasteiger partial charge on any atom is -0.497 e. The molecule has 0 heterocycles. The van der Waals surface area contributed by atoms with Gasteiger partial charge in [-0.3, -0.25) is 19.6 Å².